The summed E-state index contributed by atoms with van der Waals surface area (Å²) in [7, 11) is 0. The van der Waals surface area contributed by atoms with Gasteiger partial charge in [0.2, 0.25) is 0 Å². The maximum absolute atomic E-state index is 15.2. The number of carbonyl (C=O) groups excluding carboxylic acids is 2. The second kappa shape index (κ2) is 31.2. The highest BCUT2D eigenvalue weighted by molar-refractivity contribution is 9.11. The van der Waals surface area contributed by atoms with Gasteiger partial charge in [-0.15, -0.1) is 22.7 Å². The van der Waals surface area contributed by atoms with E-state index >= 15 is 9.59 Å². The summed E-state index contributed by atoms with van der Waals surface area (Å²) >= 11 is 7.08. The first-order valence-corrected chi connectivity index (χ1v) is 28.4. The van der Waals surface area contributed by atoms with E-state index in [-0.39, 0.29) is 11.8 Å². The molecule has 2 aromatic heterocycles. The lowest BCUT2D eigenvalue weighted by molar-refractivity contribution is -0.124. The summed E-state index contributed by atoms with van der Waals surface area (Å²) in [4.78, 5) is 36.7. The number of hydrogen-bond acceptors (Lipinski definition) is 4. The summed E-state index contributed by atoms with van der Waals surface area (Å²) in [5.41, 5.74) is 3.09. The van der Waals surface area contributed by atoms with Crippen LogP contribution in [0.1, 0.15) is 243 Å². The molecule has 0 saturated carbocycles. The van der Waals surface area contributed by atoms with E-state index in [9.17, 15) is 0 Å². The van der Waals surface area contributed by atoms with Crippen molar-refractivity contribution < 1.29 is 9.59 Å². The van der Waals surface area contributed by atoms with Crippen LogP contribution in [0.4, 0.5) is 0 Å². The molecular formula is C54H87BrN2O2S2. The second-order valence-electron chi connectivity index (χ2n) is 18.7. The number of nitrogens with zero attached hydrogens (tertiary/aromatic N) is 2. The van der Waals surface area contributed by atoms with E-state index in [0.717, 1.165) is 50.6 Å². The maximum atomic E-state index is 15.2. The zero-order valence-electron chi connectivity index (χ0n) is 39.5. The van der Waals surface area contributed by atoms with Gasteiger partial charge in [0.1, 0.15) is 0 Å². The molecule has 0 aliphatic carbocycles. The first-order chi connectivity index (χ1) is 29.9. The average molecular weight is 940 g/mol. The Kier molecular flexibility index (Phi) is 26.6. The molecule has 344 valence electrons. The largest absolute Gasteiger partial charge is 0.306 e. The molecule has 2 atom stereocenters. The van der Waals surface area contributed by atoms with Gasteiger partial charge in [0.15, 0.2) is 0 Å². The van der Waals surface area contributed by atoms with Gasteiger partial charge < -0.3 is 9.80 Å². The molecule has 7 heteroatoms. The average Bonchev–Trinajstić information content (AvgIpc) is 4.06. The minimum atomic E-state index is 0.0492. The summed E-state index contributed by atoms with van der Waals surface area (Å²) in [5.74, 6) is 0.962. The van der Waals surface area contributed by atoms with E-state index in [1.165, 1.54) is 180 Å². The molecule has 0 aromatic carbocycles. The molecule has 61 heavy (non-hydrogen) atoms. The monoisotopic (exact) mass is 939 g/mol. The van der Waals surface area contributed by atoms with Gasteiger partial charge in [0.25, 0.3) is 11.8 Å². The minimum Gasteiger partial charge on any atom is -0.306 e. The van der Waals surface area contributed by atoms with Crippen molar-refractivity contribution >= 4 is 61.8 Å². The summed E-state index contributed by atoms with van der Waals surface area (Å²) in [5, 5.41) is 2.11. The Morgan fingerprint density at radius 1 is 0.459 bits per heavy atom. The van der Waals surface area contributed by atoms with E-state index in [0.29, 0.717) is 36.1 Å². The summed E-state index contributed by atoms with van der Waals surface area (Å²) < 4.78 is 1.04. The van der Waals surface area contributed by atoms with Crippen molar-refractivity contribution in [1.82, 2.24) is 9.80 Å². The molecule has 2 aliphatic heterocycles. The maximum Gasteiger partial charge on any atom is 0.261 e. The molecule has 2 aliphatic rings. The fraction of sp³-hybridized carbons (Fsp3) is 0.741. The van der Waals surface area contributed by atoms with Crippen LogP contribution in [0.5, 0.6) is 0 Å². The Labute approximate surface area is 391 Å². The van der Waals surface area contributed by atoms with E-state index < -0.39 is 0 Å². The van der Waals surface area contributed by atoms with Crippen molar-refractivity contribution in [3.63, 3.8) is 0 Å². The van der Waals surface area contributed by atoms with Crippen LogP contribution < -0.4 is 0 Å². The van der Waals surface area contributed by atoms with Crippen LogP contribution in [0.2, 0.25) is 0 Å². The van der Waals surface area contributed by atoms with Crippen molar-refractivity contribution in [3.8, 4) is 0 Å². The number of thiophene rings is 2. The number of carbonyl (C=O) groups is 2. The zero-order valence-corrected chi connectivity index (χ0v) is 42.7. The van der Waals surface area contributed by atoms with Gasteiger partial charge in [-0.25, -0.2) is 0 Å². The van der Waals surface area contributed by atoms with Crippen LogP contribution >= 0.6 is 38.6 Å². The SMILES string of the molecule is CCCCCCCCCCC(CCCCCCCC)CN1C(=O)C2=C(c3ccc(Br)s3)N(CC(CCCCCCCC)CCCCCCCCCC)C(=O)C2=C1c1cccs1. The first-order valence-electron chi connectivity index (χ1n) is 25.9. The zero-order chi connectivity index (χ0) is 43.5. The Bertz CT molecular complexity index is 1560. The molecule has 2 amide bonds. The molecule has 4 rings (SSSR count). The van der Waals surface area contributed by atoms with Crippen LogP contribution in [0.15, 0.2) is 44.6 Å². The highest BCUT2D eigenvalue weighted by Gasteiger charge is 2.50. The third-order valence-electron chi connectivity index (χ3n) is 13.5. The molecule has 2 unspecified atom stereocenters. The number of amides is 2. The lowest BCUT2D eigenvalue weighted by atomic mass is 9.93. The van der Waals surface area contributed by atoms with Crippen molar-refractivity contribution in [3.05, 3.63) is 54.3 Å². The molecule has 4 nitrogen and oxygen atoms in total. The predicted molar refractivity (Wildman–Crippen MR) is 271 cm³/mol. The van der Waals surface area contributed by atoms with Crippen LogP contribution in [-0.4, -0.2) is 34.7 Å². The Hall–Kier alpha value is -1.70. The molecule has 0 saturated heterocycles. The Balaban J connectivity index is 1.59. The summed E-state index contributed by atoms with van der Waals surface area (Å²) in [6.07, 6.45) is 41.1. The lowest BCUT2D eigenvalue weighted by Crippen LogP contribution is -2.34. The molecule has 0 N–H and O–H groups in total. The molecular weight excluding hydrogens is 853 g/mol. The van der Waals surface area contributed by atoms with Gasteiger partial charge in [-0.3, -0.25) is 9.59 Å². The van der Waals surface area contributed by atoms with Gasteiger partial charge in [-0.05, 0) is 77.0 Å². The number of unbranched alkanes of at least 4 members (excludes halogenated alkanes) is 24. The molecule has 4 heterocycles. The number of hydrogen-bond donors (Lipinski definition) is 0. The van der Waals surface area contributed by atoms with E-state index in [1.54, 1.807) is 22.7 Å². The van der Waals surface area contributed by atoms with Gasteiger partial charge >= 0.3 is 0 Å². The Morgan fingerprint density at radius 2 is 0.803 bits per heavy atom. The number of halogens is 1. The number of rotatable bonds is 38. The summed E-state index contributed by atoms with van der Waals surface area (Å²) in [6, 6.07) is 8.44. The summed E-state index contributed by atoms with van der Waals surface area (Å²) in [6.45, 7) is 10.6. The smallest absolute Gasteiger partial charge is 0.261 e. The van der Waals surface area contributed by atoms with Crippen LogP contribution in [0.3, 0.4) is 0 Å². The van der Waals surface area contributed by atoms with Gasteiger partial charge in [-0.2, -0.15) is 0 Å². The van der Waals surface area contributed by atoms with Crippen molar-refractivity contribution in [1.29, 1.82) is 0 Å². The van der Waals surface area contributed by atoms with Crippen LogP contribution in [0.25, 0.3) is 11.4 Å². The quantitative estimate of drug-likeness (QED) is 0.0630. The van der Waals surface area contributed by atoms with E-state index in [2.05, 4.69) is 83.1 Å². The van der Waals surface area contributed by atoms with Crippen LogP contribution in [-0.2, 0) is 9.59 Å². The second-order valence-corrected chi connectivity index (χ2v) is 22.1. The van der Waals surface area contributed by atoms with Gasteiger partial charge in [-0.1, -0.05) is 214 Å². The standard InChI is InChI=1S/C54H87BrN2O2S2/c1-5-9-13-17-21-23-27-31-36-44(34-29-25-19-15-11-7-3)42-56-51(46-38-33-41-60-46)49-50(54(56)59)52(47-39-40-48(55)61-47)57(53(49)58)43-45(35-30-26-20-16-12-8-4)37-32-28-24-22-18-14-10-6-2/h33,38-41,44-45H,5-32,34-37,42-43H2,1-4H3. The van der Waals surface area contributed by atoms with Gasteiger partial charge in [0.05, 0.1) is 36.1 Å². The highest BCUT2D eigenvalue weighted by atomic mass is 79.9. The van der Waals surface area contributed by atoms with Crippen LogP contribution in [0, 0.1) is 11.8 Å². The van der Waals surface area contributed by atoms with Crippen molar-refractivity contribution in [2.75, 3.05) is 13.1 Å². The van der Waals surface area contributed by atoms with E-state index in [1.807, 2.05) is 0 Å². The fourth-order valence-electron chi connectivity index (χ4n) is 9.84. The lowest BCUT2D eigenvalue weighted by Gasteiger charge is -2.29. The highest BCUT2D eigenvalue weighted by Crippen LogP contribution is 2.49. The Morgan fingerprint density at radius 3 is 1.11 bits per heavy atom. The normalized spacial score (nSPS) is 15.3. The third kappa shape index (κ3) is 17.7. The minimum absolute atomic E-state index is 0.0492. The molecule has 0 bridgehead atoms. The topological polar surface area (TPSA) is 40.6 Å². The predicted octanol–water partition coefficient (Wildman–Crippen LogP) is 18.2. The molecule has 0 fully saturated rings. The van der Waals surface area contributed by atoms with Crippen molar-refractivity contribution in [2.24, 2.45) is 11.8 Å². The molecule has 0 spiro atoms. The number of fused-ring (bicyclic) bond motifs is 1. The van der Waals surface area contributed by atoms with Gasteiger partial charge in [0, 0.05) is 13.1 Å². The molecule has 0 radical (unpaired) electrons. The van der Waals surface area contributed by atoms with E-state index in [4.69, 9.17) is 0 Å². The third-order valence-corrected chi connectivity index (χ3v) is 16.0. The fourth-order valence-corrected chi connectivity index (χ4v) is 12.1. The molecule has 2 aromatic rings. The first kappa shape index (κ1) is 51.9. The van der Waals surface area contributed by atoms with Crippen molar-refractivity contribution in [2.45, 2.75) is 233 Å².